The Labute approximate surface area is 148 Å². The summed E-state index contributed by atoms with van der Waals surface area (Å²) >= 11 is 0. The van der Waals surface area contributed by atoms with Crippen LogP contribution in [0, 0.1) is 6.92 Å². The summed E-state index contributed by atoms with van der Waals surface area (Å²) in [5.41, 5.74) is 1.91. The molecule has 0 bridgehead atoms. The average Bonchev–Trinajstić information content (AvgIpc) is 2.60. The van der Waals surface area contributed by atoms with Crippen molar-refractivity contribution in [1.29, 1.82) is 0 Å². The standard InChI is InChI=1S/C18H27N3O4/c1-12-14(5-6-16(24-3)17(12)25-4)11-19-18(23)20-15-7-9-21(10-8-15)13(2)22/h5-6,15H,7-11H2,1-4H3,(H2,19,20,23). The van der Waals surface area contributed by atoms with Gasteiger partial charge in [-0.15, -0.1) is 0 Å². The van der Waals surface area contributed by atoms with E-state index in [1.807, 2.05) is 24.0 Å². The number of piperidine rings is 1. The van der Waals surface area contributed by atoms with Gasteiger partial charge in [0.2, 0.25) is 5.91 Å². The topological polar surface area (TPSA) is 79.9 Å². The summed E-state index contributed by atoms with van der Waals surface area (Å²) in [4.78, 5) is 25.3. The number of likely N-dealkylation sites (tertiary alicyclic amines) is 1. The van der Waals surface area contributed by atoms with E-state index >= 15 is 0 Å². The van der Waals surface area contributed by atoms with Gasteiger partial charge in [0.15, 0.2) is 11.5 Å². The Morgan fingerprint density at radius 3 is 2.44 bits per heavy atom. The Kier molecular flexibility index (Phi) is 6.50. The molecule has 1 aromatic rings. The van der Waals surface area contributed by atoms with E-state index in [0.717, 1.165) is 24.0 Å². The van der Waals surface area contributed by atoms with Gasteiger partial charge < -0.3 is 25.0 Å². The minimum atomic E-state index is -0.199. The van der Waals surface area contributed by atoms with Gasteiger partial charge in [0.25, 0.3) is 0 Å². The van der Waals surface area contributed by atoms with E-state index in [4.69, 9.17) is 9.47 Å². The van der Waals surface area contributed by atoms with E-state index in [-0.39, 0.29) is 18.0 Å². The molecule has 2 rings (SSSR count). The molecule has 0 atom stereocenters. The van der Waals surface area contributed by atoms with E-state index in [1.165, 1.54) is 0 Å². The average molecular weight is 349 g/mol. The highest BCUT2D eigenvalue weighted by molar-refractivity contribution is 5.75. The third-order valence-electron chi connectivity index (χ3n) is 4.62. The number of rotatable bonds is 5. The summed E-state index contributed by atoms with van der Waals surface area (Å²) in [7, 11) is 3.20. The minimum Gasteiger partial charge on any atom is -0.493 e. The van der Waals surface area contributed by atoms with Gasteiger partial charge in [-0.2, -0.15) is 0 Å². The van der Waals surface area contributed by atoms with Crippen molar-refractivity contribution in [2.75, 3.05) is 27.3 Å². The maximum atomic E-state index is 12.1. The smallest absolute Gasteiger partial charge is 0.315 e. The van der Waals surface area contributed by atoms with Crippen molar-refractivity contribution in [3.63, 3.8) is 0 Å². The second-order valence-electron chi connectivity index (χ2n) is 6.19. The van der Waals surface area contributed by atoms with Crippen molar-refractivity contribution in [2.45, 2.75) is 39.3 Å². The van der Waals surface area contributed by atoms with Crippen LogP contribution in [0.3, 0.4) is 0 Å². The van der Waals surface area contributed by atoms with Gasteiger partial charge >= 0.3 is 6.03 Å². The molecule has 7 heteroatoms. The highest BCUT2D eigenvalue weighted by atomic mass is 16.5. The SMILES string of the molecule is COc1ccc(CNC(=O)NC2CCN(C(C)=O)CC2)c(C)c1OC. The van der Waals surface area contributed by atoms with Gasteiger partial charge in [-0.05, 0) is 37.0 Å². The zero-order valence-electron chi connectivity index (χ0n) is 15.3. The Morgan fingerprint density at radius 1 is 1.20 bits per heavy atom. The molecule has 2 N–H and O–H groups in total. The van der Waals surface area contributed by atoms with E-state index in [1.54, 1.807) is 21.1 Å². The molecule has 0 saturated carbocycles. The molecule has 0 aliphatic carbocycles. The van der Waals surface area contributed by atoms with Crippen molar-refractivity contribution >= 4 is 11.9 Å². The maximum Gasteiger partial charge on any atom is 0.315 e. The molecule has 0 aromatic heterocycles. The molecule has 1 saturated heterocycles. The summed E-state index contributed by atoms with van der Waals surface area (Å²) in [6, 6.07) is 3.65. The number of amides is 3. The molecule has 1 fully saturated rings. The van der Waals surface area contributed by atoms with Crippen LogP contribution >= 0.6 is 0 Å². The van der Waals surface area contributed by atoms with E-state index in [0.29, 0.717) is 31.1 Å². The molecular formula is C18H27N3O4. The highest BCUT2D eigenvalue weighted by Crippen LogP contribution is 2.32. The number of ether oxygens (including phenoxy) is 2. The number of urea groups is 1. The largest absolute Gasteiger partial charge is 0.493 e. The minimum absolute atomic E-state index is 0.0897. The van der Waals surface area contributed by atoms with Gasteiger partial charge in [-0.3, -0.25) is 4.79 Å². The van der Waals surface area contributed by atoms with E-state index in [9.17, 15) is 9.59 Å². The van der Waals surface area contributed by atoms with Crippen LogP contribution < -0.4 is 20.1 Å². The first kappa shape index (κ1) is 18.9. The first-order chi connectivity index (χ1) is 12.0. The van der Waals surface area contributed by atoms with Gasteiger partial charge in [0.05, 0.1) is 14.2 Å². The summed E-state index contributed by atoms with van der Waals surface area (Å²) in [5.74, 6) is 1.44. The summed E-state index contributed by atoms with van der Waals surface area (Å²) in [6.07, 6.45) is 1.56. The molecule has 1 heterocycles. The van der Waals surface area contributed by atoms with Crippen LogP contribution in [0.5, 0.6) is 11.5 Å². The second kappa shape index (κ2) is 8.60. The zero-order valence-corrected chi connectivity index (χ0v) is 15.3. The first-order valence-corrected chi connectivity index (χ1v) is 8.46. The van der Waals surface area contributed by atoms with Crippen molar-refractivity contribution in [2.24, 2.45) is 0 Å². The number of carbonyl (C=O) groups excluding carboxylic acids is 2. The maximum absolute atomic E-state index is 12.1. The lowest BCUT2D eigenvalue weighted by molar-refractivity contribution is -0.129. The predicted octanol–water partition coefficient (Wildman–Crippen LogP) is 1.82. The van der Waals surface area contributed by atoms with Crippen molar-refractivity contribution in [3.8, 4) is 11.5 Å². The van der Waals surface area contributed by atoms with E-state index < -0.39 is 0 Å². The van der Waals surface area contributed by atoms with Crippen LogP contribution in [-0.4, -0.2) is 50.2 Å². The Hall–Kier alpha value is -2.44. The molecule has 7 nitrogen and oxygen atoms in total. The first-order valence-electron chi connectivity index (χ1n) is 8.46. The Bertz CT molecular complexity index is 625. The lowest BCUT2D eigenvalue weighted by atomic mass is 10.1. The summed E-state index contributed by atoms with van der Waals surface area (Å²) in [6.45, 7) is 5.30. The van der Waals surface area contributed by atoms with Crippen LogP contribution in [0.1, 0.15) is 30.9 Å². The lowest BCUT2D eigenvalue weighted by Gasteiger charge is -2.31. The van der Waals surface area contributed by atoms with Crippen molar-refractivity contribution in [1.82, 2.24) is 15.5 Å². The molecule has 1 aromatic carbocycles. The molecular weight excluding hydrogens is 322 g/mol. The zero-order chi connectivity index (χ0) is 18.4. The van der Waals surface area contributed by atoms with Crippen LogP contribution in [0.4, 0.5) is 4.79 Å². The van der Waals surface area contributed by atoms with Crippen molar-refractivity contribution < 1.29 is 19.1 Å². The normalized spacial score (nSPS) is 14.8. The fraction of sp³-hybridized carbons (Fsp3) is 0.556. The summed E-state index contributed by atoms with van der Waals surface area (Å²) < 4.78 is 10.7. The third-order valence-corrected chi connectivity index (χ3v) is 4.62. The molecule has 1 aliphatic rings. The molecule has 0 radical (unpaired) electrons. The number of nitrogens with one attached hydrogen (secondary N) is 2. The van der Waals surface area contributed by atoms with Crippen LogP contribution in [0.25, 0.3) is 0 Å². The number of benzene rings is 1. The number of hydrogen-bond acceptors (Lipinski definition) is 4. The number of nitrogens with zero attached hydrogens (tertiary/aromatic N) is 1. The number of methoxy groups -OCH3 is 2. The van der Waals surface area contributed by atoms with Crippen LogP contribution in [0.15, 0.2) is 12.1 Å². The fourth-order valence-corrected chi connectivity index (χ4v) is 3.06. The molecule has 0 unspecified atom stereocenters. The lowest BCUT2D eigenvalue weighted by Crippen LogP contribution is -2.48. The second-order valence-corrected chi connectivity index (χ2v) is 6.19. The quantitative estimate of drug-likeness (QED) is 0.850. The Morgan fingerprint density at radius 2 is 1.88 bits per heavy atom. The Balaban J connectivity index is 1.85. The molecule has 0 spiro atoms. The predicted molar refractivity (Wildman–Crippen MR) is 94.9 cm³/mol. The highest BCUT2D eigenvalue weighted by Gasteiger charge is 2.22. The van der Waals surface area contributed by atoms with Gasteiger partial charge in [-0.25, -0.2) is 4.79 Å². The molecule has 3 amide bonds. The van der Waals surface area contributed by atoms with Crippen molar-refractivity contribution in [3.05, 3.63) is 23.3 Å². The third kappa shape index (κ3) is 4.78. The van der Waals surface area contributed by atoms with Crippen LogP contribution in [-0.2, 0) is 11.3 Å². The van der Waals surface area contributed by atoms with Crippen LogP contribution in [0.2, 0.25) is 0 Å². The van der Waals surface area contributed by atoms with Gasteiger partial charge in [0, 0.05) is 32.6 Å². The number of hydrogen-bond donors (Lipinski definition) is 2. The van der Waals surface area contributed by atoms with Gasteiger partial charge in [-0.1, -0.05) is 6.07 Å². The van der Waals surface area contributed by atoms with Gasteiger partial charge in [0.1, 0.15) is 0 Å². The number of carbonyl (C=O) groups is 2. The molecule has 25 heavy (non-hydrogen) atoms. The summed E-state index contributed by atoms with van der Waals surface area (Å²) in [5, 5.41) is 5.86. The monoisotopic (exact) mass is 349 g/mol. The molecule has 138 valence electrons. The molecule has 1 aliphatic heterocycles. The fourth-order valence-electron chi connectivity index (χ4n) is 3.06. The van der Waals surface area contributed by atoms with E-state index in [2.05, 4.69) is 10.6 Å².